The molecule has 0 saturated carbocycles. The van der Waals surface area contributed by atoms with Crippen molar-refractivity contribution in [1.29, 1.82) is 0 Å². The molecule has 5 heteroatoms. The minimum Gasteiger partial charge on any atom is -0.477 e. The van der Waals surface area contributed by atoms with Gasteiger partial charge in [0.25, 0.3) is 0 Å². The fraction of sp³-hybridized carbons (Fsp3) is 0.200. The first-order valence-corrected chi connectivity index (χ1v) is 6.94. The molecule has 1 heterocycles. The number of pyridine rings is 1. The smallest absolute Gasteiger partial charge is 0.354 e. The van der Waals surface area contributed by atoms with E-state index in [0.29, 0.717) is 5.75 Å². The lowest BCUT2D eigenvalue weighted by Gasteiger charge is -2.13. The zero-order valence-corrected chi connectivity index (χ0v) is 12.7. The van der Waals surface area contributed by atoms with Crippen LogP contribution in [0.1, 0.15) is 35.8 Å². The number of aromatic nitrogens is 1. The van der Waals surface area contributed by atoms with Crippen molar-refractivity contribution in [3.8, 4) is 11.6 Å². The van der Waals surface area contributed by atoms with Crippen molar-refractivity contribution in [2.75, 3.05) is 0 Å². The average Bonchev–Trinajstić information content (AvgIpc) is 2.41. The number of rotatable bonds is 4. The topological polar surface area (TPSA) is 59.4 Å². The number of halogens is 1. The Labute approximate surface area is 125 Å². The summed E-state index contributed by atoms with van der Waals surface area (Å²) in [5, 5.41) is 8.93. The molecule has 0 bridgehead atoms. The molecule has 0 atom stereocenters. The molecule has 1 N–H and O–H groups in total. The minimum atomic E-state index is -1.07. The maximum atomic E-state index is 10.9. The summed E-state index contributed by atoms with van der Waals surface area (Å²) >= 11 is 3.43. The maximum absolute atomic E-state index is 10.9. The molecule has 0 radical (unpaired) electrons. The zero-order valence-electron chi connectivity index (χ0n) is 11.1. The zero-order chi connectivity index (χ0) is 14.7. The van der Waals surface area contributed by atoms with Crippen LogP contribution in [0, 0.1) is 0 Å². The third-order valence-electron chi connectivity index (χ3n) is 2.75. The lowest BCUT2D eigenvalue weighted by atomic mass is 10.0. The fourth-order valence-corrected chi connectivity index (χ4v) is 2.15. The van der Waals surface area contributed by atoms with E-state index in [1.54, 1.807) is 12.1 Å². The van der Waals surface area contributed by atoms with Gasteiger partial charge in [0.15, 0.2) is 5.69 Å². The Kier molecular flexibility index (Phi) is 4.39. The van der Waals surface area contributed by atoms with Crippen LogP contribution in [0.25, 0.3) is 0 Å². The first kappa shape index (κ1) is 14.5. The number of hydrogen-bond acceptors (Lipinski definition) is 3. The molecule has 2 rings (SSSR count). The van der Waals surface area contributed by atoms with E-state index in [4.69, 9.17) is 9.84 Å². The molecule has 0 saturated heterocycles. The molecule has 0 aliphatic heterocycles. The van der Waals surface area contributed by atoms with Crippen molar-refractivity contribution in [2.24, 2.45) is 0 Å². The standard InChI is InChI=1S/C15H14BrNO3/c1-9(2)11-8-10(16)6-7-13(11)20-14-5-3-4-12(17-14)15(18)19/h3-9H,1-2H3,(H,18,19). The van der Waals surface area contributed by atoms with Crippen LogP contribution in [0.2, 0.25) is 0 Å². The van der Waals surface area contributed by atoms with Gasteiger partial charge in [-0.2, -0.15) is 0 Å². The van der Waals surface area contributed by atoms with Gasteiger partial charge in [0.1, 0.15) is 5.75 Å². The number of carbonyl (C=O) groups is 1. The van der Waals surface area contributed by atoms with Crippen LogP contribution in [0.3, 0.4) is 0 Å². The van der Waals surface area contributed by atoms with E-state index < -0.39 is 5.97 Å². The summed E-state index contributed by atoms with van der Waals surface area (Å²) in [7, 11) is 0. The van der Waals surface area contributed by atoms with Gasteiger partial charge in [0.05, 0.1) is 0 Å². The molecule has 2 aromatic rings. The number of ether oxygens (including phenoxy) is 1. The third-order valence-corrected chi connectivity index (χ3v) is 3.24. The van der Waals surface area contributed by atoms with E-state index in [2.05, 4.69) is 34.8 Å². The molecule has 1 aromatic carbocycles. The molecule has 0 amide bonds. The number of carboxylic acids is 1. The van der Waals surface area contributed by atoms with Gasteiger partial charge in [0.2, 0.25) is 5.88 Å². The number of benzene rings is 1. The van der Waals surface area contributed by atoms with Gasteiger partial charge in [-0.1, -0.05) is 35.8 Å². The molecule has 104 valence electrons. The average molecular weight is 336 g/mol. The van der Waals surface area contributed by atoms with Crippen LogP contribution < -0.4 is 4.74 Å². The lowest BCUT2D eigenvalue weighted by Crippen LogP contribution is -2.01. The summed E-state index contributed by atoms with van der Waals surface area (Å²) < 4.78 is 6.69. The van der Waals surface area contributed by atoms with E-state index in [1.807, 2.05) is 18.2 Å². The Balaban J connectivity index is 2.35. The SMILES string of the molecule is CC(C)c1cc(Br)ccc1Oc1cccc(C(=O)O)n1. The Morgan fingerprint density at radius 3 is 2.70 bits per heavy atom. The van der Waals surface area contributed by atoms with Crippen molar-refractivity contribution in [2.45, 2.75) is 19.8 Å². The lowest BCUT2D eigenvalue weighted by molar-refractivity contribution is 0.0689. The van der Waals surface area contributed by atoms with Crippen molar-refractivity contribution in [3.05, 3.63) is 52.1 Å². The van der Waals surface area contributed by atoms with Gasteiger partial charge in [-0.25, -0.2) is 9.78 Å². The van der Waals surface area contributed by atoms with Gasteiger partial charge in [-0.15, -0.1) is 0 Å². The van der Waals surface area contributed by atoms with Gasteiger partial charge >= 0.3 is 5.97 Å². The van der Waals surface area contributed by atoms with E-state index in [0.717, 1.165) is 10.0 Å². The maximum Gasteiger partial charge on any atom is 0.354 e. The first-order chi connectivity index (χ1) is 9.47. The monoisotopic (exact) mass is 335 g/mol. The normalized spacial score (nSPS) is 10.6. The number of carboxylic acid groups (broad SMARTS) is 1. The molecule has 1 aromatic heterocycles. The fourth-order valence-electron chi connectivity index (χ4n) is 1.77. The molecular formula is C15H14BrNO3. The van der Waals surface area contributed by atoms with Crippen LogP contribution in [-0.4, -0.2) is 16.1 Å². The van der Waals surface area contributed by atoms with Gasteiger partial charge in [-0.3, -0.25) is 0 Å². The Bertz CT molecular complexity index is 641. The first-order valence-electron chi connectivity index (χ1n) is 6.15. The van der Waals surface area contributed by atoms with Gasteiger partial charge in [-0.05, 0) is 35.7 Å². The quantitative estimate of drug-likeness (QED) is 0.896. The summed E-state index contributed by atoms with van der Waals surface area (Å²) in [6.45, 7) is 4.13. The molecule has 0 fully saturated rings. The number of hydrogen-bond donors (Lipinski definition) is 1. The van der Waals surface area contributed by atoms with Gasteiger partial charge in [0, 0.05) is 10.5 Å². The molecule has 0 aliphatic rings. The Morgan fingerprint density at radius 1 is 1.30 bits per heavy atom. The predicted octanol–water partition coefficient (Wildman–Crippen LogP) is 4.46. The summed E-state index contributed by atoms with van der Waals surface area (Å²) in [6, 6.07) is 10.4. The molecule has 20 heavy (non-hydrogen) atoms. The van der Waals surface area contributed by atoms with Crippen LogP contribution in [0.5, 0.6) is 11.6 Å². The van der Waals surface area contributed by atoms with Crippen molar-refractivity contribution in [1.82, 2.24) is 4.98 Å². The highest BCUT2D eigenvalue weighted by Gasteiger charge is 2.11. The highest BCUT2D eigenvalue weighted by atomic mass is 79.9. The highest BCUT2D eigenvalue weighted by molar-refractivity contribution is 9.10. The van der Waals surface area contributed by atoms with Crippen molar-refractivity contribution >= 4 is 21.9 Å². The second-order valence-electron chi connectivity index (χ2n) is 4.61. The van der Waals surface area contributed by atoms with Crippen LogP contribution in [-0.2, 0) is 0 Å². The second-order valence-corrected chi connectivity index (χ2v) is 5.52. The molecular weight excluding hydrogens is 322 g/mol. The van der Waals surface area contributed by atoms with Crippen LogP contribution in [0.4, 0.5) is 0 Å². The molecule has 4 nitrogen and oxygen atoms in total. The second kappa shape index (κ2) is 6.05. The molecule has 0 spiro atoms. The van der Waals surface area contributed by atoms with Gasteiger partial charge < -0.3 is 9.84 Å². The largest absolute Gasteiger partial charge is 0.477 e. The van der Waals surface area contributed by atoms with Crippen molar-refractivity contribution < 1.29 is 14.6 Å². The van der Waals surface area contributed by atoms with E-state index in [-0.39, 0.29) is 17.5 Å². The molecule has 0 aliphatic carbocycles. The third kappa shape index (κ3) is 3.36. The predicted molar refractivity (Wildman–Crippen MR) is 79.5 cm³/mol. The molecule has 0 unspecified atom stereocenters. The summed E-state index contributed by atoms with van der Waals surface area (Å²) in [4.78, 5) is 14.9. The minimum absolute atomic E-state index is 0.0364. The van der Waals surface area contributed by atoms with E-state index in [9.17, 15) is 4.79 Å². The summed E-state index contributed by atoms with van der Waals surface area (Å²) in [6.07, 6.45) is 0. The van der Waals surface area contributed by atoms with Crippen LogP contribution >= 0.6 is 15.9 Å². The van der Waals surface area contributed by atoms with E-state index in [1.165, 1.54) is 6.07 Å². The van der Waals surface area contributed by atoms with Crippen LogP contribution in [0.15, 0.2) is 40.9 Å². The Morgan fingerprint density at radius 2 is 2.05 bits per heavy atom. The summed E-state index contributed by atoms with van der Waals surface area (Å²) in [5.41, 5.74) is 0.993. The number of aromatic carboxylic acids is 1. The Hall–Kier alpha value is -1.88. The number of nitrogens with zero attached hydrogens (tertiary/aromatic N) is 1. The highest BCUT2D eigenvalue weighted by Crippen LogP contribution is 2.32. The van der Waals surface area contributed by atoms with Crippen molar-refractivity contribution in [3.63, 3.8) is 0 Å². The summed E-state index contributed by atoms with van der Waals surface area (Å²) in [5.74, 6) is 0.160. The van der Waals surface area contributed by atoms with E-state index >= 15 is 0 Å².